The fourth-order valence-corrected chi connectivity index (χ4v) is 1.88. The molecule has 19 heavy (non-hydrogen) atoms. The summed E-state index contributed by atoms with van der Waals surface area (Å²) in [5, 5.41) is 2.98. The lowest BCUT2D eigenvalue weighted by Crippen LogP contribution is -2.31. The molecule has 106 valence electrons. The van der Waals surface area contributed by atoms with Crippen molar-refractivity contribution in [3.05, 3.63) is 35.4 Å². The third kappa shape index (κ3) is 5.03. The average molecular weight is 262 g/mol. The first kappa shape index (κ1) is 15.7. The second kappa shape index (κ2) is 7.95. The van der Waals surface area contributed by atoms with E-state index in [0.717, 1.165) is 31.6 Å². The van der Waals surface area contributed by atoms with E-state index in [0.29, 0.717) is 0 Å². The lowest BCUT2D eigenvalue weighted by molar-refractivity contribution is 0.0939. The molecule has 1 N–H and O–H groups in total. The lowest BCUT2D eigenvalue weighted by atomic mass is 10.1. The molecule has 0 radical (unpaired) electrons. The van der Waals surface area contributed by atoms with Gasteiger partial charge in [0.2, 0.25) is 0 Å². The molecule has 1 atom stereocenters. The van der Waals surface area contributed by atoms with Gasteiger partial charge in [-0.1, -0.05) is 32.9 Å². The fraction of sp³-hybridized carbons (Fsp3) is 0.562. The van der Waals surface area contributed by atoms with Crippen molar-refractivity contribution in [2.75, 3.05) is 13.1 Å². The summed E-state index contributed by atoms with van der Waals surface area (Å²) >= 11 is 0. The van der Waals surface area contributed by atoms with E-state index >= 15 is 0 Å². The first-order valence-corrected chi connectivity index (χ1v) is 7.22. The van der Waals surface area contributed by atoms with Crippen LogP contribution in [0.2, 0.25) is 0 Å². The molecule has 1 unspecified atom stereocenters. The highest BCUT2D eigenvalue weighted by Gasteiger charge is 2.08. The van der Waals surface area contributed by atoms with Gasteiger partial charge in [0.05, 0.1) is 0 Å². The monoisotopic (exact) mass is 262 g/mol. The van der Waals surface area contributed by atoms with Crippen molar-refractivity contribution in [2.24, 2.45) is 0 Å². The van der Waals surface area contributed by atoms with E-state index in [2.05, 4.69) is 31.0 Å². The van der Waals surface area contributed by atoms with Gasteiger partial charge in [-0.25, -0.2) is 0 Å². The van der Waals surface area contributed by atoms with E-state index in [4.69, 9.17) is 0 Å². The second-order valence-corrected chi connectivity index (χ2v) is 4.94. The Labute approximate surface area is 117 Å². The molecule has 1 amide bonds. The number of rotatable bonds is 7. The summed E-state index contributed by atoms with van der Waals surface area (Å²) in [5.41, 5.74) is 1.99. The fourth-order valence-electron chi connectivity index (χ4n) is 1.88. The maximum absolute atomic E-state index is 11.9. The Bertz CT molecular complexity index is 382. The Kier molecular flexibility index (Phi) is 6.57. The van der Waals surface area contributed by atoms with Crippen LogP contribution in [0.3, 0.4) is 0 Å². The lowest BCUT2D eigenvalue weighted by Gasteiger charge is -2.18. The summed E-state index contributed by atoms with van der Waals surface area (Å²) in [4.78, 5) is 14.3. The second-order valence-electron chi connectivity index (χ2n) is 4.94. The first-order chi connectivity index (χ1) is 9.10. The third-order valence-corrected chi connectivity index (χ3v) is 3.51. The van der Waals surface area contributed by atoms with Gasteiger partial charge < -0.3 is 5.32 Å². The molecule has 0 aliphatic heterocycles. The van der Waals surface area contributed by atoms with Crippen molar-refractivity contribution in [3.8, 4) is 0 Å². The average Bonchev–Trinajstić information content (AvgIpc) is 2.45. The molecule has 0 aliphatic rings. The molecule has 0 fully saturated rings. The largest absolute Gasteiger partial charge is 0.350 e. The summed E-state index contributed by atoms with van der Waals surface area (Å²) in [5.74, 6) is 0.0174. The Morgan fingerprint density at radius 2 is 1.74 bits per heavy atom. The van der Waals surface area contributed by atoms with Crippen LogP contribution in [-0.2, 0) is 6.54 Å². The predicted molar refractivity (Wildman–Crippen MR) is 80.3 cm³/mol. The zero-order valence-corrected chi connectivity index (χ0v) is 12.6. The number of benzene rings is 1. The van der Waals surface area contributed by atoms with Crippen molar-refractivity contribution in [1.29, 1.82) is 0 Å². The molecular formula is C16H26N2O. The molecule has 1 aromatic rings. The van der Waals surface area contributed by atoms with Gasteiger partial charge in [0.15, 0.2) is 0 Å². The molecule has 3 nitrogen and oxygen atoms in total. The normalized spacial score (nSPS) is 12.5. The van der Waals surface area contributed by atoms with E-state index in [9.17, 15) is 4.79 Å². The van der Waals surface area contributed by atoms with Crippen molar-refractivity contribution in [3.63, 3.8) is 0 Å². The van der Waals surface area contributed by atoms with Crippen LogP contribution < -0.4 is 5.32 Å². The van der Waals surface area contributed by atoms with Crippen LogP contribution in [0.4, 0.5) is 0 Å². The maximum atomic E-state index is 11.9. The topological polar surface area (TPSA) is 32.3 Å². The summed E-state index contributed by atoms with van der Waals surface area (Å²) in [7, 11) is 0. The van der Waals surface area contributed by atoms with Gasteiger partial charge >= 0.3 is 0 Å². The Hall–Kier alpha value is -1.35. The van der Waals surface area contributed by atoms with Crippen molar-refractivity contribution in [1.82, 2.24) is 10.2 Å². The van der Waals surface area contributed by atoms with Crippen molar-refractivity contribution in [2.45, 2.75) is 46.7 Å². The van der Waals surface area contributed by atoms with Gasteiger partial charge in [-0.05, 0) is 44.1 Å². The highest BCUT2D eigenvalue weighted by molar-refractivity contribution is 5.94. The van der Waals surface area contributed by atoms with E-state index in [-0.39, 0.29) is 11.9 Å². The van der Waals surface area contributed by atoms with Crippen LogP contribution in [0.25, 0.3) is 0 Å². The molecule has 1 aromatic carbocycles. The van der Waals surface area contributed by atoms with E-state index in [1.165, 1.54) is 5.56 Å². The number of carbonyl (C=O) groups excluding carboxylic acids is 1. The number of hydrogen-bond acceptors (Lipinski definition) is 2. The van der Waals surface area contributed by atoms with Crippen LogP contribution in [0.5, 0.6) is 0 Å². The van der Waals surface area contributed by atoms with Gasteiger partial charge in [0.1, 0.15) is 0 Å². The molecule has 0 heterocycles. The van der Waals surface area contributed by atoms with Gasteiger partial charge in [-0.2, -0.15) is 0 Å². The minimum absolute atomic E-state index is 0.0174. The quantitative estimate of drug-likeness (QED) is 0.819. The first-order valence-electron chi connectivity index (χ1n) is 7.22. The number of carbonyl (C=O) groups is 1. The molecule has 0 aliphatic carbocycles. The molecule has 0 aromatic heterocycles. The zero-order chi connectivity index (χ0) is 14.3. The van der Waals surface area contributed by atoms with Gasteiger partial charge in [0, 0.05) is 18.2 Å². The predicted octanol–water partition coefficient (Wildman–Crippen LogP) is 3.06. The number of nitrogens with one attached hydrogen (secondary N) is 1. The van der Waals surface area contributed by atoms with Crippen molar-refractivity contribution < 1.29 is 4.79 Å². The highest BCUT2D eigenvalue weighted by atomic mass is 16.1. The standard InChI is InChI=1S/C16H26N2O/c1-5-13(4)17-16(19)15-10-8-14(9-11-15)12-18(6-2)7-3/h8-11,13H,5-7,12H2,1-4H3,(H,17,19). The molecule has 0 spiro atoms. The Morgan fingerprint density at radius 1 is 1.16 bits per heavy atom. The smallest absolute Gasteiger partial charge is 0.251 e. The number of amides is 1. The SMILES string of the molecule is CCC(C)NC(=O)c1ccc(CN(CC)CC)cc1. The minimum Gasteiger partial charge on any atom is -0.350 e. The van der Waals surface area contributed by atoms with Crippen LogP contribution >= 0.6 is 0 Å². The van der Waals surface area contributed by atoms with Gasteiger partial charge in [-0.15, -0.1) is 0 Å². The van der Waals surface area contributed by atoms with Gasteiger partial charge in [-0.3, -0.25) is 9.69 Å². The van der Waals surface area contributed by atoms with Crippen molar-refractivity contribution >= 4 is 5.91 Å². The highest BCUT2D eigenvalue weighted by Crippen LogP contribution is 2.08. The summed E-state index contributed by atoms with van der Waals surface area (Å²) in [6, 6.07) is 8.14. The number of nitrogens with zero attached hydrogens (tertiary/aromatic N) is 1. The molecular weight excluding hydrogens is 236 g/mol. The zero-order valence-electron chi connectivity index (χ0n) is 12.6. The third-order valence-electron chi connectivity index (χ3n) is 3.51. The summed E-state index contributed by atoms with van der Waals surface area (Å²) in [6.07, 6.45) is 0.950. The van der Waals surface area contributed by atoms with Crippen LogP contribution in [0, 0.1) is 0 Å². The van der Waals surface area contributed by atoms with Gasteiger partial charge in [0.25, 0.3) is 5.91 Å². The Balaban J connectivity index is 2.63. The Morgan fingerprint density at radius 3 is 2.21 bits per heavy atom. The van der Waals surface area contributed by atoms with Crippen LogP contribution in [0.1, 0.15) is 50.0 Å². The van der Waals surface area contributed by atoms with E-state index < -0.39 is 0 Å². The van der Waals surface area contributed by atoms with Crippen LogP contribution in [0.15, 0.2) is 24.3 Å². The minimum atomic E-state index is 0.0174. The molecule has 0 bridgehead atoms. The van der Waals surface area contributed by atoms with Crippen LogP contribution in [-0.4, -0.2) is 29.9 Å². The summed E-state index contributed by atoms with van der Waals surface area (Å²) in [6.45, 7) is 11.5. The van der Waals surface area contributed by atoms with E-state index in [1.54, 1.807) is 0 Å². The molecule has 0 saturated carbocycles. The van der Waals surface area contributed by atoms with E-state index in [1.807, 2.05) is 31.2 Å². The maximum Gasteiger partial charge on any atom is 0.251 e. The number of hydrogen-bond donors (Lipinski definition) is 1. The molecule has 1 rings (SSSR count). The summed E-state index contributed by atoms with van der Waals surface area (Å²) < 4.78 is 0. The molecule has 0 saturated heterocycles. The molecule has 3 heteroatoms.